The van der Waals surface area contributed by atoms with Gasteiger partial charge in [-0.3, -0.25) is 10.1 Å². The highest BCUT2D eigenvalue weighted by Gasteiger charge is 2.14. The number of nitrogens with one attached hydrogen (secondary N) is 2. The first kappa shape index (κ1) is 20.7. The van der Waals surface area contributed by atoms with Crippen LogP contribution in [0.3, 0.4) is 0 Å². The largest absolute Gasteiger partial charge is 0.493 e. The van der Waals surface area contributed by atoms with Crippen molar-refractivity contribution >= 4 is 28.9 Å². The maximum atomic E-state index is 12.5. The molecular weight excluding hydrogens is 360 g/mol. The summed E-state index contributed by atoms with van der Waals surface area (Å²) in [5.74, 6) is 1.39. The molecule has 6 heteroatoms. The van der Waals surface area contributed by atoms with Gasteiger partial charge in [-0.2, -0.15) is 0 Å². The van der Waals surface area contributed by atoms with E-state index in [1.165, 1.54) is 0 Å². The van der Waals surface area contributed by atoms with Crippen molar-refractivity contribution in [1.29, 1.82) is 0 Å². The number of ether oxygens (including phenoxy) is 2. The average molecular weight is 387 g/mol. The summed E-state index contributed by atoms with van der Waals surface area (Å²) < 4.78 is 11.4. The number of para-hydroxylation sites is 1. The minimum atomic E-state index is -0.323. The molecule has 0 aliphatic carbocycles. The molecule has 0 saturated heterocycles. The van der Waals surface area contributed by atoms with E-state index in [0.29, 0.717) is 23.8 Å². The zero-order chi connectivity index (χ0) is 19.8. The second kappa shape index (κ2) is 9.92. The van der Waals surface area contributed by atoms with Crippen LogP contribution in [0.5, 0.6) is 11.5 Å². The zero-order valence-corrected chi connectivity index (χ0v) is 16.9. The van der Waals surface area contributed by atoms with Gasteiger partial charge in [0.1, 0.15) is 11.5 Å². The molecule has 0 aliphatic heterocycles. The number of amides is 1. The molecule has 0 aliphatic rings. The fraction of sp³-hybridized carbons (Fsp3) is 0.333. The molecule has 0 unspecified atom stereocenters. The van der Waals surface area contributed by atoms with Crippen LogP contribution in [0.25, 0.3) is 0 Å². The molecule has 2 aromatic rings. The number of carbonyl (C=O) groups excluding carboxylic acids is 1. The SMILES string of the molecule is CC(C)COc1cccc(NC(=S)NC(=O)c2ccccc2OC(C)C)c1. The summed E-state index contributed by atoms with van der Waals surface area (Å²) in [6, 6.07) is 14.5. The van der Waals surface area contributed by atoms with Crippen LogP contribution in [0, 0.1) is 5.92 Å². The van der Waals surface area contributed by atoms with Crippen LogP contribution < -0.4 is 20.1 Å². The van der Waals surface area contributed by atoms with Crippen LogP contribution in [0.2, 0.25) is 0 Å². The summed E-state index contributed by atoms with van der Waals surface area (Å²) >= 11 is 5.27. The second-order valence-corrected chi connectivity index (χ2v) is 7.21. The Balaban J connectivity index is 2.00. The summed E-state index contributed by atoms with van der Waals surface area (Å²) in [4.78, 5) is 12.5. The van der Waals surface area contributed by atoms with E-state index in [2.05, 4.69) is 24.5 Å². The average Bonchev–Trinajstić information content (AvgIpc) is 2.60. The van der Waals surface area contributed by atoms with Crippen LogP contribution in [0.4, 0.5) is 5.69 Å². The standard InChI is InChI=1S/C21H26N2O3S/c1-14(2)13-25-17-9-7-8-16(12-17)22-21(27)23-20(24)18-10-5-6-11-19(18)26-15(3)4/h5-12,14-15H,13H2,1-4H3,(H2,22,23,24,27). The van der Waals surface area contributed by atoms with Crippen molar-refractivity contribution < 1.29 is 14.3 Å². The van der Waals surface area contributed by atoms with Crippen molar-refractivity contribution in [2.75, 3.05) is 11.9 Å². The zero-order valence-electron chi connectivity index (χ0n) is 16.1. The number of benzene rings is 2. The van der Waals surface area contributed by atoms with Gasteiger partial charge in [0.2, 0.25) is 0 Å². The van der Waals surface area contributed by atoms with Gasteiger partial charge in [0.15, 0.2) is 5.11 Å². The van der Waals surface area contributed by atoms with E-state index in [0.717, 1.165) is 11.4 Å². The predicted molar refractivity (Wildman–Crippen MR) is 113 cm³/mol. The van der Waals surface area contributed by atoms with Crippen LogP contribution in [-0.2, 0) is 0 Å². The molecular formula is C21H26N2O3S. The van der Waals surface area contributed by atoms with Gasteiger partial charge in [0.25, 0.3) is 5.91 Å². The lowest BCUT2D eigenvalue weighted by molar-refractivity contribution is 0.0972. The van der Waals surface area contributed by atoms with Gasteiger partial charge in [-0.05, 0) is 56.2 Å². The van der Waals surface area contributed by atoms with Gasteiger partial charge in [-0.15, -0.1) is 0 Å². The van der Waals surface area contributed by atoms with Gasteiger partial charge in [0.05, 0.1) is 18.3 Å². The van der Waals surface area contributed by atoms with Crippen LogP contribution in [0.15, 0.2) is 48.5 Å². The maximum Gasteiger partial charge on any atom is 0.261 e. The van der Waals surface area contributed by atoms with E-state index in [1.54, 1.807) is 18.2 Å². The van der Waals surface area contributed by atoms with Crippen molar-refractivity contribution in [3.63, 3.8) is 0 Å². The van der Waals surface area contributed by atoms with E-state index >= 15 is 0 Å². The van der Waals surface area contributed by atoms with Crippen molar-refractivity contribution in [2.24, 2.45) is 5.92 Å². The molecule has 27 heavy (non-hydrogen) atoms. The van der Waals surface area contributed by atoms with Crippen molar-refractivity contribution in [2.45, 2.75) is 33.8 Å². The first-order chi connectivity index (χ1) is 12.8. The molecule has 0 atom stereocenters. The number of hydrogen-bond acceptors (Lipinski definition) is 4. The van der Waals surface area contributed by atoms with E-state index in [9.17, 15) is 4.79 Å². The molecule has 0 spiro atoms. The number of anilines is 1. The van der Waals surface area contributed by atoms with E-state index in [4.69, 9.17) is 21.7 Å². The monoisotopic (exact) mass is 386 g/mol. The Kier molecular flexibility index (Phi) is 7.61. The van der Waals surface area contributed by atoms with Crippen molar-refractivity contribution in [3.8, 4) is 11.5 Å². The first-order valence-electron chi connectivity index (χ1n) is 8.96. The molecule has 0 radical (unpaired) electrons. The lowest BCUT2D eigenvalue weighted by Crippen LogP contribution is -2.34. The second-order valence-electron chi connectivity index (χ2n) is 6.80. The fourth-order valence-corrected chi connectivity index (χ4v) is 2.48. The number of carbonyl (C=O) groups is 1. The molecule has 0 fully saturated rings. The maximum absolute atomic E-state index is 12.5. The molecule has 144 valence electrons. The van der Waals surface area contributed by atoms with E-state index < -0.39 is 0 Å². The van der Waals surface area contributed by atoms with Gasteiger partial charge in [-0.1, -0.05) is 32.0 Å². The van der Waals surface area contributed by atoms with Crippen molar-refractivity contribution in [1.82, 2.24) is 5.32 Å². The molecule has 0 aromatic heterocycles. The Morgan fingerprint density at radius 1 is 1.07 bits per heavy atom. The Hall–Kier alpha value is -2.60. The summed E-state index contributed by atoms with van der Waals surface area (Å²) in [7, 11) is 0. The summed E-state index contributed by atoms with van der Waals surface area (Å²) in [5.41, 5.74) is 1.18. The number of hydrogen-bond donors (Lipinski definition) is 2. The predicted octanol–water partition coefficient (Wildman–Crippen LogP) is 4.64. The quantitative estimate of drug-likeness (QED) is 0.679. The Bertz CT molecular complexity index is 791. The number of rotatable bonds is 7. The number of thiocarbonyl (C=S) groups is 1. The summed E-state index contributed by atoms with van der Waals surface area (Å²) in [6.45, 7) is 8.64. The molecule has 2 aromatic carbocycles. The fourth-order valence-electron chi connectivity index (χ4n) is 2.27. The van der Waals surface area contributed by atoms with Crippen molar-refractivity contribution in [3.05, 3.63) is 54.1 Å². The molecule has 0 bridgehead atoms. The highest BCUT2D eigenvalue weighted by molar-refractivity contribution is 7.80. The van der Waals surface area contributed by atoms with Crippen LogP contribution in [0.1, 0.15) is 38.1 Å². The van der Waals surface area contributed by atoms with E-state index in [-0.39, 0.29) is 17.1 Å². The smallest absolute Gasteiger partial charge is 0.261 e. The molecule has 2 N–H and O–H groups in total. The molecule has 5 nitrogen and oxygen atoms in total. The van der Waals surface area contributed by atoms with Gasteiger partial charge in [-0.25, -0.2) is 0 Å². The van der Waals surface area contributed by atoms with Crippen LogP contribution in [-0.4, -0.2) is 23.7 Å². The normalized spacial score (nSPS) is 10.6. The highest BCUT2D eigenvalue weighted by Crippen LogP contribution is 2.20. The lowest BCUT2D eigenvalue weighted by atomic mass is 10.2. The third kappa shape index (κ3) is 6.90. The minimum Gasteiger partial charge on any atom is -0.493 e. The van der Waals surface area contributed by atoms with Gasteiger partial charge < -0.3 is 14.8 Å². The molecule has 2 rings (SSSR count). The highest BCUT2D eigenvalue weighted by atomic mass is 32.1. The van der Waals surface area contributed by atoms with Gasteiger partial charge in [0, 0.05) is 11.8 Å². The molecule has 0 heterocycles. The first-order valence-corrected chi connectivity index (χ1v) is 9.37. The Morgan fingerprint density at radius 2 is 1.81 bits per heavy atom. The summed E-state index contributed by atoms with van der Waals surface area (Å²) in [5, 5.41) is 5.91. The minimum absolute atomic E-state index is 0.0300. The topological polar surface area (TPSA) is 59.6 Å². The molecule has 1 amide bonds. The summed E-state index contributed by atoms with van der Waals surface area (Å²) in [6.07, 6.45) is -0.0300. The molecule has 0 saturated carbocycles. The van der Waals surface area contributed by atoms with Gasteiger partial charge >= 0.3 is 0 Å². The van der Waals surface area contributed by atoms with Crippen LogP contribution >= 0.6 is 12.2 Å². The lowest BCUT2D eigenvalue weighted by Gasteiger charge is -2.15. The Labute approximate surface area is 166 Å². The third-order valence-corrected chi connectivity index (χ3v) is 3.60. The third-order valence-electron chi connectivity index (χ3n) is 3.40. The Morgan fingerprint density at radius 3 is 2.52 bits per heavy atom. The van der Waals surface area contributed by atoms with E-state index in [1.807, 2.05) is 44.2 Å².